The molecule has 0 saturated heterocycles. The molecular formula is C13H14N2O2. The van der Waals surface area contributed by atoms with Crippen LogP contribution >= 0.6 is 0 Å². The molecular weight excluding hydrogens is 216 g/mol. The number of nitrogens with zero attached hydrogens (tertiary/aromatic N) is 1. The largest absolute Gasteiger partial charge is 0.465 e. The summed E-state index contributed by atoms with van der Waals surface area (Å²) in [6.45, 7) is 0.462. The first-order valence-corrected chi connectivity index (χ1v) is 5.57. The van der Waals surface area contributed by atoms with Crippen LogP contribution in [-0.4, -0.2) is 22.7 Å². The number of hydrogen-bond acceptors (Lipinski definition) is 2. The summed E-state index contributed by atoms with van der Waals surface area (Å²) in [5.41, 5.74) is 1.98. The molecule has 88 valence electrons. The molecule has 17 heavy (non-hydrogen) atoms. The molecule has 0 aliphatic rings. The van der Waals surface area contributed by atoms with Gasteiger partial charge in [0.2, 0.25) is 0 Å². The second-order valence-corrected chi connectivity index (χ2v) is 3.83. The number of carboxylic acid groups (broad SMARTS) is 1. The van der Waals surface area contributed by atoms with Gasteiger partial charge in [-0.25, -0.2) is 4.79 Å². The lowest BCUT2D eigenvalue weighted by Gasteiger charge is -2.03. The molecule has 0 fully saturated rings. The van der Waals surface area contributed by atoms with Gasteiger partial charge in [0.05, 0.1) is 5.52 Å². The fourth-order valence-electron chi connectivity index (χ4n) is 1.71. The van der Waals surface area contributed by atoms with E-state index in [0.29, 0.717) is 6.54 Å². The summed E-state index contributed by atoms with van der Waals surface area (Å²) >= 11 is 0. The Morgan fingerprint density at radius 1 is 1.24 bits per heavy atom. The van der Waals surface area contributed by atoms with Crippen LogP contribution in [0.15, 0.2) is 36.4 Å². The van der Waals surface area contributed by atoms with Crippen molar-refractivity contribution in [2.75, 3.05) is 6.54 Å². The van der Waals surface area contributed by atoms with Gasteiger partial charge in [-0.1, -0.05) is 24.3 Å². The van der Waals surface area contributed by atoms with E-state index in [1.807, 2.05) is 36.4 Å². The second-order valence-electron chi connectivity index (χ2n) is 3.83. The summed E-state index contributed by atoms with van der Waals surface area (Å²) < 4.78 is 0. The van der Waals surface area contributed by atoms with E-state index in [4.69, 9.17) is 5.11 Å². The molecule has 4 heteroatoms. The summed E-state index contributed by atoms with van der Waals surface area (Å²) in [7, 11) is 0. The number of benzene rings is 1. The van der Waals surface area contributed by atoms with Gasteiger partial charge in [0.1, 0.15) is 0 Å². The number of pyridine rings is 1. The van der Waals surface area contributed by atoms with Crippen LogP contribution in [0.3, 0.4) is 0 Å². The number of carbonyl (C=O) groups is 1. The van der Waals surface area contributed by atoms with Crippen molar-refractivity contribution in [2.24, 2.45) is 0 Å². The van der Waals surface area contributed by atoms with Crippen LogP contribution in [0.25, 0.3) is 10.9 Å². The molecule has 2 N–H and O–H groups in total. The highest BCUT2D eigenvalue weighted by atomic mass is 16.4. The van der Waals surface area contributed by atoms with E-state index in [0.717, 1.165) is 29.4 Å². The zero-order valence-corrected chi connectivity index (χ0v) is 9.39. The number of amides is 1. The molecule has 1 amide bonds. The highest BCUT2D eigenvalue weighted by Gasteiger charge is 1.99. The minimum atomic E-state index is -0.975. The van der Waals surface area contributed by atoms with E-state index >= 15 is 0 Å². The molecule has 2 rings (SSSR count). The standard InChI is InChI=1S/C13H14N2O2/c16-13(17)14-9-3-5-11-8-7-10-4-1-2-6-12(10)15-11/h1-2,4,6-8,14H,3,5,9H2,(H,16,17). The molecule has 0 unspecified atom stereocenters. The molecule has 1 heterocycles. The third kappa shape index (κ3) is 3.17. The predicted octanol–water partition coefficient (Wildman–Crippen LogP) is 2.44. The summed E-state index contributed by atoms with van der Waals surface area (Å²) in [4.78, 5) is 14.8. The number of rotatable bonds is 4. The first kappa shape index (κ1) is 11.4. The van der Waals surface area contributed by atoms with E-state index in [2.05, 4.69) is 10.3 Å². The van der Waals surface area contributed by atoms with Gasteiger partial charge < -0.3 is 10.4 Å². The van der Waals surface area contributed by atoms with Gasteiger partial charge in [-0.3, -0.25) is 4.98 Å². The summed E-state index contributed by atoms with van der Waals surface area (Å²) in [6.07, 6.45) is 0.569. The molecule has 1 aromatic heterocycles. The third-order valence-electron chi connectivity index (χ3n) is 2.54. The van der Waals surface area contributed by atoms with Crippen molar-refractivity contribution in [3.63, 3.8) is 0 Å². The van der Waals surface area contributed by atoms with Crippen molar-refractivity contribution in [1.82, 2.24) is 10.3 Å². The van der Waals surface area contributed by atoms with Gasteiger partial charge in [-0.15, -0.1) is 0 Å². The van der Waals surface area contributed by atoms with Crippen LogP contribution in [0.1, 0.15) is 12.1 Å². The van der Waals surface area contributed by atoms with E-state index in [9.17, 15) is 4.79 Å². The number of fused-ring (bicyclic) bond motifs is 1. The van der Waals surface area contributed by atoms with Crippen LogP contribution < -0.4 is 5.32 Å². The van der Waals surface area contributed by atoms with Crippen LogP contribution in [0.2, 0.25) is 0 Å². The van der Waals surface area contributed by atoms with Crippen LogP contribution in [-0.2, 0) is 6.42 Å². The van der Waals surface area contributed by atoms with E-state index in [-0.39, 0.29) is 0 Å². The lowest BCUT2D eigenvalue weighted by atomic mass is 10.1. The van der Waals surface area contributed by atoms with Crippen molar-refractivity contribution < 1.29 is 9.90 Å². The zero-order valence-electron chi connectivity index (χ0n) is 9.39. The molecule has 0 radical (unpaired) electrons. The first-order chi connectivity index (χ1) is 8.25. The molecule has 0 aliphatic heterocycles. The van der Waals surface area contributed by atoms with E-state index in [1.165, 1.54) is 0 Å². The van der Waals surface area contributed by atoms with Gasteiger partial charge in [0.15, 0.2) is 0 Å². The maximum atomic E-state index is 10.3. The Balaban J connectivity index is 1.97. The predicted molar refractivity (Wildman–Crippen MR) is 66.1 cm³/mol. The van der Waals surface area contributed by atoms with Crippen molar-refractivity contribution in [3.05, 3.63) is 42.1 Å². The molecule has 0 bridgehead atoms. The fraction of sp³-hybridized carbons (Fsp3) is 0.231. The normalized spacial score (nSPS) is 10.4. The zero-order chi connectivity index (χ0) is 12.1. The highest BCUT2D eigenvalue weighted by Crippen LogP contribution is 2.12. The number of aromatic nitrogens is 1. The second kappa shape index (κ2) is 5.30. The van der Waals surface area contributed by atoms with Crippen LogP contribution in [0.5, 0.6) is 0 Å². The molecule has 0 aliphatic carbocycles. The monoisotopic (exact) mass is 230 g/mol. The fourth-order valence-corrected chi connectivity index (χ4v) is 1.71. The smallest absolute Gasteiger partial charge is 0.404 e. The first-order valence-electron chi connectivity index (χ1n) is 5.57. The molecule has 0 spiro atoms. The average Bonchev–Trinajstić information content (AvgIpc) is 2.34. The van der Waals surface area contributed by atoms with Crippen molar-refractivity contribution in [3.8, 4) is 0 Å². The van der Waals surface area contributed by atoms with E-state index in [1.54, 1.807) is 0 Å². The summed E-state index contributed by atoms with van der Waals surface area (Å²) in [5.74, 6) is 0. The Hall–Kier alpha value is -2.10. The lowest BCUT2D eigenvalue weighted by Crippen LogP contribution is -2.22. The van der Waals surface area contributed by atoms with Gasteiger partial charge >= 0.3 is 6.09 Å². The maximum absolute atomic E-state index is 10.3. The number of nitrogens with one attached hydrogen (secondary N) is 1. The van der Waals surface area contributed by atoms with Crippen molar-refractivity contribution >= 4 is 17.0 Å². The minimum Gasteiger partial charge on any atom is -0.465 e. The molecule has 2 aromatic rings. The molecule has 1 aromatic carbocycles. The number of aryl methyl sites for hydroxylation is 1. The third-order valence-corrected chi connectivity index (χ3v) is 2.54. The summed E-state index contributed by atoms with van der Waals surface area (Å²) in [5, 5.41) is 11.9. The molecule has 0 atom stereocenters. The Morgan fingerprint density at radius 3 is 2.88 bits per heavy atom. The van der Waals surface area contributed by atoms with Gasteiger partial charge in [0, 0.05) is 17.6 Å². The van der Waals surface area contributed by atoms with E-state index < -0.39 is 6.09 Å². The Bertz CT molecular complexity index is 526. The maximum Gasteiger partial charge on any atom is 0.404 e. The van der Waals surface area contributed by atoms with Gasteiger partial charge in [-0.2, -0.15) is 0 Å². The molecule has 4 nitrogen and oxygen atoms in total. The number of hydrogen-bond donors (Lipinski definition) is 2. The van der Waals surface area contributed by atoms with Gasteiger partial charge in [-0.05, 0) is 25.0 Å². The topological polar surface area (TPSA) is 62.2 Å². The number of para-hydroxylation sites is 1. The Kier molecular flexibility index (Phi) is 3.55. The van der Waals surface area contributed by atoms with Crippen LogP contribution in [0.4, 0.5) is 4.79 Å². The Morgan fingerprint density at radius 2 is 2.06 bits per heavy atom. The average molecular weight is 230 g/mol. The highest BCUT2D eigenvalue weighted by molar-refractivity contribution is 5.78. The SMILES string of the molecule is O=C(O)NCCCc1ccc2ccccc2n1. The van der Waals surface area contributed by atoms with Crippen LogP contribution in [0, 0.1) is 0 Å². The van der Waals surface area contributed by atoms with Crippen molar-refractivity contribution in [1.29, 1.82) is 0 Å². The van der Waals surface area contributed by atoms with Crippen molar-refractivity contribution in [2.45, 2.75) is 12.8 Å². The lowest BCUT2D eigenvalue weighted by molar-refractivity contribution is 0.194. The Labute approximate surface area is 99.3 Å². The summed E-state index contributed by atoms with van der Waals surface area (Å²) in [6, 6.07) is 12.0. The minimum absolute atomic E-state index is 0.462. The molecule has 0 saturated carbocycles. The quantitative estimate of drug-likeness (QED) is 0.793. The van der Waals surface area contributed by atoms with Gasteiger partial charge in [0.25, 0.3) is 0 Å².